The summed E-state index contributed by atoms with van der Waals surface area (Å²) in [6, 6.07) is 13.1. The number of nitrogens with zero attached hydrogens (tertiary/aromatic N) is 1. The molecule has 12 nitrogen and oxygen atoms in total. The number of hydrogen-bond donors (Lipinski definition) is 4. The van der Waals surface area contributed by atoms with E-state index < -0.39 is 11.8 Å². The van der Waals surface area contributed by atoms with E-state index in [4.69, 9.17) is 20.9 Å². The molecule has 0 fully saturated rings. The van der Waals surface area contributed by atoms with Crippen LogP contribution in [0.15, 0.2) is 42.5 Å². The van der Waals surface area contributed by atoms with Crippen molar-refractivity contribution in [3.05, 3.63) is 59.4 Å². The van der Waals surface area contributed by atoms with Crippen molar-refractivity contribution in [1.29, 1.82) is 0 Å². The van der Waals surface area contributed by atoms with Gasteiger partial charge in [-0.15, -0.1) is 0 Å². The van der Waals surface area contributed by atoms with E-state index in [1.54, 1.807) is 0 Å². The molecule has 0 aliphatic heterocycles. The smallest absolute Gasteiger partial charge is 0.246 e. The monoisotopic (exact) mass is 641 g/mol. The van der Waals surface area contributed by atoms with Gasteiger partial charge in [0.25, 0.3) is 0 Å². The van der Waals surface area contributed by atoms with Crippen molar-refractivity contribution < 1.29 is 33.4 Å². The van der Waals surface area contributed by atoms with E-state index in [9.17, 15) is 19.2 Å². The van der Waals surface area contributed by atoms with Crippen molar-refractivity contribution >= 4 is 23.6 Å². The number of carbonyl (C=O) groups is 4. The summed E-state index contributed by atoms with van der Waals surface area (Å²) in [5.74, 6) is 6.77. The third-order valence-corrected chi connectivity index (χ3v) is 6.18. The Morgan fingerprint density at radius 3 is 1.98 bits per heavy atom. The molecule has 0 saturated heterocycles. The second-order valence-electron chi connectivity index (χ2n) is 10.5. The largest absolute Gasteiger partial charge is 0.492 e. The predicted octanol–water partition coefficient (Wildman–Crippen LogP) is 2.49. The van der Waals surface area contributed by atoms with Gasteiger partial charge >= 0.3 is 0 Å². The van der Waals surface area contributed by atoms with Gasteiger partial charge in [-0.1, -0.05) is 58.6 Å². The fourth-order valence-corrected chi connectivity index (χ4v) is 3.40. The van der Waals surface area contributed by atoms with Gasteiger partial charge in [0.15, 0.2) is 0 Å². The molecule has 12 heteroatoms. The van der Waals surface area contributed by atoms with Crippen LogP contribution in [-0.2, 0) is 28.7 Å². The number of nitrogens with two attached hydrogens (primary N) is 2. The minimum Gasteiger partial charge on any atom is -0.492 e. The van der Waals surface area contributed by atoms with E-state index in [-0.39, 0.29) is 44.8 Å². The van der Waals surface area contributed by atoms with Crippen LogP contribution in [0.1, 0.15) is 63.9 Å². The summed E-state index contributed by atoms with van der Waals surface area (Å²) in [5.41, 5.74) is 12.1. The molecule has 0 bridgehead atoms. The zero-order valence-corrected chi connectivity index (χ0v) is 28.0. The highest BCUT2D eigenvalue weighted by molar-refractivity contribution is 5.79. The van der Waals surface area contributed by atoms with Crippen molar-refractivity contribution in [2.24, 2.45) is 23.3 Å². The zero-order valence-electron chi connectivity index (χ0n) is 28.0. The Morgan fingerprint density at radius 1 is 0.848 bits per heavy atom. The Morgan fingerprint density at radius 2 is 1.43 bits per heavy atom. The molecule has 6 N–H and O–H groups in total. The summed E-state index contributed by atoms with van der Waals surface area (Å²) in [5, 5.41) is 4.94. The second kappa shape index (κ2) is 25.8. The Bertz CT molecular complexity index is 1250. The van der Waals surface area contributed by atoms with Crippen molar-refractivity contribution in [2.75, 3.05) is 46.6 Å². The van der Waals surface area contributed by atoms with Crippen LogP contribution in [0.2, 0.25) is 0 Å². The van der Waals surface area contributed by atoms with Gasteiger partial charge in [0.05, 0.1) is 6.54 Å². The number of carbonyl (C=O) groups excluding carboxylic acids is 4. The number of primary amides is 2. The maximum absolute atomic E-state index is 11.5. The highest BCUT2D eigenvalue weighted by Crippen LogP contribution is 2.16. The van der Waals surface area contributed by atoms with E-state index in [0.29, 0.717) is 18.0 Å². The molecule has 1 aromatic heterocycles. The molecule has 0 radical (unpaired) electrons. The van der Waals surface area contributed by atoms with Crippen LogP contribution in [0.4, 0.5) is 0 Å². The van der Waals surface area contributed by atoms with Crippen molar-refractivity contribution in [3.63, 3.8) is 0 Å². The molecule has 0 saturated carbocycles. The van der Waals surface area contributed by atoms with Gasteiger partial charge in [-0.05, 0) is 61.4 Å². The molecule has 4 amide bonds. The molecule has 1 heterocycles. The number of rotatable bonds is 16. The van der Waals surface area contributed by atoms with Crippen LogP contribution >= 0.6 is 0 Å². The molecule has 254 valence electrons. The number of aryl methyl sites for hydroxylation is 1. The molecule has 46 heavy (non-hydrogen) atoms. The number of aromatic nitrogens is 1. The molecule has 2 aromatic rings. The lowest BCUT2D eigenvalue weighted by Gasteiger charge is -2.12. The summed E-state index contributed by atoms with van der Waals surface area (Å²) in [7, 11) is 1.48. The minimum absolute atomic E-state index is 0.126. The molecule has 0 aliphatic carbocycles. The van der Waals surface area contributed by atoms with Gasteiger partial charge < -0.3 is 36.3 Å². The first kappa shape index (κ1) is 41.5. The number of benzene rings is 1. The van der Waals surface area contributed by atoms with Crippen LogP contribution in [0, 0.1) is 30.6 Å². The van der Waals surface area contributed by atoms with Crippen LogP contribution < -0.4 is 26.8 Å². The van der Waals surface area contributed by atoms with Gasteiger partial charge in [-0.3, -0.25) is 19.2 Å². The van der Waals surface area contributed by atoms with Gasteiger partial charge in [0, 0.05) is 18.3 Å². The number of ether oxygens (including phenoxy) is 3. The molecule has 2 atom stereocenters. The lowest BCUT2D eigenvalue weighted by atomic mass is 9.94. The summed E-state index contributed by atoms with van der Waals surface area (Å²) in [6.07, 6.45) is 4.08. The summed E-state index contributed by atoms with van der Waals surface area (Å²) in [4.78, 5) is 46.7. The third-order valence-electron chi connectivity index (χ3n) is 6.18. The maximum Gasteiger partial charge on any atom is 0.246 e. The first-order valence-corrected chi connectivity index (χ1v) is 15.3. The summed E-state index contributed by atoms with van der Waals surface area (Å²) in [6.45, 7) is 10.9. The van der Waals surface area contributed by atoms with E-state index in [0.717, 1.165) is 23.1 Å². The van der Waals surface area contributed by atoms with Gasteiger partial charge in [-0.2, -0.15) is 0 Å². The Hall–Kier alpha value is -4.47. The van der Waals surface area contributed by atoms with Crippen LogP contribution in [0.25, 0.3) is 0 Å². The number of nitrogens with one attached hydrogen (secondary N) is 2. The Balaban J connectivity index is 0.000000873. The average molecular weight is 642 g/mol. The number of pyridine rings is 1. The van der Waals surface area contributed by atoms with E-state index in [1.165, 1.54) is 26.3 Å². The number of likely N-dealkylation sites (N-methyl/N-ethyl adjacent to an activating group) is 1. The Labute approximate surface area is 273 Å². The average Bonchev–Trinajstić information content (AvgIpc) is 3.02. The van der Waals surface area contributed by atoms with Gasteiger partial charge in [0.1, 0.15) is 44.5 Å². The lowest BCUT2D eigenvalue weighted by Crippen LogP contribution is -2.32. The summed E-state index contributed by atoms with van der Waals surface area (Å²) >= 11 is 0. The number of amides is 4. The van der Waals surface area contributed by atoms with Crippen molar-refractivity contribution in [2.45, 2.75) is 53.9 Å². The van der Waals surface area contributed by atoms with Crippen molar-refractivity contribution in [3.8, 4) is 17.6 Å². The first-order chi connectivity index (χ1) is 21.9. The third kappa shape index (κ3) is 23.9. The standard InChI is InChI=1S/C20H21N3O4.C9H20.C5H10N2O3/c1-15-4-2-6-17(23-15)9-8-16-5-3-7-18(12-16)27-11-10-22-20(25)14-26-13-19(21)24;1-5-8(3)7-9(4)6-2;1-7-5(9)3-10-2-4(6)8/h2-7,12H,10-11,13-14H2,1H3,(H2,21,24)(H,22,25);8-9H,5-7H2,1-4H3;2-3H2,1H3,(H2,6,8)(H,7,9). The quantitative estimate of drug-likeness (QED) is 0.159. The van der Waals surface area contributed by atoms with Crippen molar-refractivity contribution in [1.82, 2.24) is 15.6 Å². The lowest BCUT2D eigenvalue weighted by molar-refractivity contribution is -0.130. The molecule has 2 rings (SSSR count). The maximum atomic E-state index is 11.5. The fraction of sp³-hybridized carbons (Fsp3) is 0.500. The van der Waals surface area contributed by atoms with Crippen LogP contribution in [0.5, 0.6) is 5.75 Å². The molecule has 1 aromatic carbocycles. The SMILES string of the molecule is CCC(C)CC(C)CC.CNC(=O)COCC(N)=O.Cc1cccc(C#Cc2cccc(OCCNC(=O)COCC(N)=O)c2)n1. The topological polar surface area (TPSA) is 185 Å². The normalized spacial score (nSPS) is 11.1. The Kier molecular flexibility index (Phi) is 23.3. The van der Waals surface area contributed by atoms with E-state index in [1.807, 2.05) is 49.4 Å². The highest BCUT2D eigenvalue weighted by atomic mass is 16.5. The molecular weight excluding hydrogens is 590 g/mol. The minimum atomic E-state index is -0.618. The zero-order chi connectivity index (χ0) is 34.7. The second-order valence-corrected chi connectivity index (χ2v) is 10.5. The predicted molar refractivity (Wildman–Crippen MR) is 178 cm³/mol. The fourth-order valence-electron chi connectivity index (χ4n) is 3.40. The molecular formula is C34H51N5O7. The van der Waals surface area contributed by atoms with Gasteiger partial charge in [0.2, 0.25) is 23.6 Å². The molecule has 2 unspecified atom stereocenters. The van der Waals surface area contributed by atoms with Crippen LogP contribution in [-0.4, -0.2) is 75.2 Å². The van der Waals surface area contributed by atoms with E-state index in [2.05, 4.69) is 59.9 Å². The van der Waals surface area contributed by atoms with E-state index >= 15 is 0 Å². The van der Waals surface area contributed by atoms with Crippen LogP contribution in [0.3, 0.4) is 0 Å². The van der Waals surface area contributed by atoms with Gasteiger partial charge in [-0.25, -0.2) is 4.98 Å². The first-order valence-electron chi connectivity index (χ1n) is 15.3. The molecule has 0 aliphatic rings. The highest BCUT2D eigenvalue weighted by Gasteiger charge is 2.04. The number of hydrogen-bond acceptors (Lipinski definition) is 8. The molecule has 0 spiro atoms. The summed E-state index contributed by atoms with van der Waals surface area (Å²) < 4.78 is 15.0.